The van der Waals surface area contributed by atoms with Crippen LogP contribution in [0, 0.1) is 0 Å². The number of hydrogen-bond donors (Lipinski definition) is 2. The van der Waals surface area contributed by atoms with E-state index in [-0.39, 0.29) is 5.91 Å². The maximum Gasteiger partial charge on any atom is 0.259 e. The van der Waals surface area contributed by atoms with Crippen LogP contribution in [0.1, 0.15) is 61.7 Å². The third-order valence-corrected chi connectivity index (χ3v) is 5.81. The number of carbonyl (C=O) groups is 1. The molecule has 2 N–H and O–H groups in total. The molecule has 148 valence electrons. The van der Waals surface area contributed by atoms with E-state index in [0.717, 1.165) is 43.1 Å². The number of aromatic nitrogens is 1. The largest absolute Gasteiger partial charge is 0.382 e. The van der Waals surface area contributed by atoms with Crippen LogP contribution < -0.4 is 15.5 Å². The van der Waals surface area contributed by atoms with Crippen LogP contribution in [0.25, 0.3) is 0 Å². The Morgan fingerprint density at radius 1 is 0.893 bits per heavy atom. The minimum Gasteiger partial charge on any atom is -0.382 e. The molecule has 2 aliphatic rings. The number of carbonyl (C=O) groups excluding carboxylic acids is 1. The van der Waals surface area contributed by atoms with E-state index in [1.54, 1.807) is 6.20 Å². The number of piperidine rings is 1. The molecular formula is C23H30N4O. The standard InChI is InChI=1S/C23H30N4O/c28-23(21-10-7-15-24-22(21)27-16-5-2-6-17-27)26-20-13-11-19(12-14-20)25-18-8-3-1-4-9-18/h7,10-15,18,25H,1-6,8-9,16-17H2,(H,26,28). The fourth-order valence-electron chi connectivity index (χ4n) is 4.26. The first-order valence-corrected chi connectivity index (χ1v) is 10.7. The molecule has 4 rings (SSSR count). The molecule has 0 bridgehead atoms. The Kier molecular flexibility index (Phi) is 6.10. The molecule has 1 saturated carbocycles. The highest BCUT2D eigenvalue weighted by Crippen LogP contribution is 2.24. The zero-order valence-corrected chi connectivity index (χ0v) is 16.5. The Morgan fingerprint density at radius 3 is 2.32 bits per heavy atom. The van der Waals surface area contributed by atoms with Crippen LogP contribution >= 0.6 is 0 Å². The normalized spacial score (nSPS) is 17.9. The molecule has 2 aromatic rings. The monoisotopic (exact) mass is 378 g/mol. The maximum absolute atomic E-state index is 12.9. The smallest absolute Gasteiger partial charge is 0.259 e. The summed E-state index contributed by atoms with van der Waals surface area (Å²) in [7, 11) is 0. The highest BCUT2D eigenvalue weighted by atomic mass is 16.1. The fraction of sp³-hybridized carbons (Fsp3) is 0.478. The average Bonchev–Trinajstić information content (AvgIpc) is 2.76. The van der Waals surface area contributed by atoms with Gasteiger partial charge in [0.2, 0.25) is 0 Å². The molecule has 1 saturated heterocycles. The molecule has 5 heteroatoms. The van der Waals surface area contributed by atoms with Crippen LogP contribution in [0.4, 0.5) is 17.2 Å². The van der Waals surface area contributed by atoms with Crippen LogP contribution in [0.5, 0.6) is 0 Å². The van der Waals surface area contributed by atoms with Gasteiger partial charge in [0.25, 0.3) is 5.91 Å². The summed E-state index contributed by atoms with van der Waals surface area (Å²) in [6.45, 7) is 1.94. The SMILES string of the molecule is O=C(Nc1ccc(NC2CCCCC2)cc1)c1cccnc1N1CCCCC1. The number of rotatable bonds is 5. The number of pyridine rings is 1. The molecule has 1 aromatic carbocycles. The van der Waals surface area contributed by atoms with Gasteiger partial charge in [-0.15, -0.1) is 0 Å². The van der Waals surface area contributed by atoms with Crippen molar-refractivity contribution in [2.45, 2.75) is 57.4 Å². The lowest BCUT2D eigenvalue weighted by molar-refractivity contribution is 0.102. The van der Waals surface area contributed by atoms with Gasteiger partial charge in [-0.2, -0.15) is 0 Å². The van der Waals surface area contributed by atoms with Gasteiger partial charge in [0.1, 0.15) is 5.82 Å². The Balaban J connectivity index is 1.41. The molecule has 2 heterocycles. The quantitative estimate of drug-likeness (QED) is 0.763. The molecule has 0 atom stereocenters. The predicted octanol–water partition coefficient (Wildman–Crippen LogP) is 5.07. The van der Waals surface area contributed by atoms with Crippen LogP contribution in [0.2, 0.25) is 0 Å². The summed E-state index contributed by atoms with van der Waals surface area (Å²) < 4.78 is 0. The average molecular weight is 379 g/mol. The fourth-order valence-corrected chi connectivity index (χ4v) is 4.26. The van der Waals surface area contributed by atoms with Crippen LogP contribution in [-0.4, -0.2) is 30.0 Å². The minimum atomic E-state index is -0.0957. The zero-order chi connectivity index (χ0) is 19.2. The van der Waals surface area contributed by atoms with Crippen LogP contribution in [0.15, 0.2) is 42.6 Å². The molecule has 1 aromatic heterocycles. The van der Waals surface area contributed by atoms with Crippen molar-refractivity contribution >= 4 is 23.1 Å². The Morgan fingerprint density at radius 2 is 1.57 bits per heavy atom. The summed E-state index contributed by atoms with van der Waals surface area (Å²) in [5, 5.41) is 6.65. The molecule has 5 nitrogen and oxygen atoms in total. The molecule has 0 radical (unpaired) electrons. The summed E-state index contributed by atoms with van der Waals surface area (Å²) in [5.41, 5.74) is 2.58. The van der Waals surface area contributed by atoms with Crippen molar-refractivity contribution in [2.75, 3.05) is 28.6 Å². The lowest BCUT2D eigenvalue weighted by Gasteiger charge is -2.29. The van der Waals surface area contributed by atoms with E-state index in [1.165, 1.54) is 38.5 Å². The van der Waals surface area contributed by atoms with Crippen LogP contribution in [-0.2, 0) is 0 Å². The summed E-state index contributed by atoms with van der Waals surface area (Å²) in [5.74, 6) is 0.706. The van der Waals surface area contributed by atoms with Gasteiger partial charge in [-0.05, 0) is 68.5 Å². The summed E-state index contributed by atoms with van der Waals surface area (Å²) in [6, 6.07) is 12.3. The van der Waals surface area contributed by atoms with Gasteiger partial charge in [-0.25, -0.2) is 4.98 Å². The van der Waals surface area contributed by atoms with Crippen molar-refractivity contribution in [3.05, 3.63) is 48.2 Å². The number of anilines is 3. The van der Waals surface area contributed by atoms with Gasteiger partial charge < -0.3 is 15.5 Å². The number of nitrogens with zero attached hydrogens (tertiary/aromatic N) is 2. The van der Waals surface area contributed by atoms with Gasteiger partial charge in [0, 0.05) is 36.7 Å². The van der Waals surface area contributed by atoms with E-state index in [0.29, 0.717) is 11.6 Å². The number of hydrogen-bond acceptors (Lipinski definition) is 4. The van der Waals surface area contributed by atoms with E-state index in [9.17, 15) is 4.79 Å². The lowest BCUT2D eigenvalue weighted by Crippen LogP contribution is -2.32. The molecule has 1 aliphatic carbocycles. The Hall–Kier alpha value is -2.56. The van der Waals surface area contributed by atoms with E-state index in [2.05, 4.69) is 32.7 Å². The number of nitrogens with one attached hydrogen (secondary N) is 2. The van der Waals surface area contributed by atoms with E-state index in [1.807, 2.05) is 24.3 Å². The van der Waals surface area contributed by atoms with Gasteiger partial charge >= 0.3 is 0 Å². The number of amides is 1. The van der Waals surface area contributed by atoms with Crippen molar-refractivity contribution in [2.24, 2.45) is 0 Å². The van der Waals surface area contributed by atoms with Crippen molar-refractivity contribution in [3.63, 3.8) is 0 Å². The van der Waals surface area contributed by atoms with E-state index < -0.39 is 0 Å². The Labute approximate surface area is 167 Å². The second-order valence-electron chi connectivity index (χ2n) is 7.93. The molecule has 1 aliphatic heterocycles. The van der Waals surface area contributed by atoms with Gasteiger partial charge in [0.15, 0.2) is 0 Å². The zero-order valence-electron chi connectivity index (χ0n) is 16.5. The van der Waals surface area contributed by atoms with Crippen molar-refractivity contribution in [3.8, 4) is 0 Å². The van der Waals surface area contributed by atoms with E-state index >= 15 is 0 Å². The predicted molar refractivity (Wildman–Crippen MR) is 115 cm³/mol. The minimum absolute atomic E-state index is 0.0957. The summed E-state index contributed by atoms with van der Waals surface area (Å²) >= 11 is 0. The lowest BCUT2D eigenvalue weighted by atomic mass is 9.95. The first kappa shape index (κ1) is 18.8. The van der Waals surface area contributed by atoms with Crippen molar-refractivity contribution in [1.29, 1.82) is 0 Å². The summed E-state index contributed by atoms with van der Waals surface area (Å²) in [4.78, 5) is 19.6. The Bertz CT molecular complexity index is 777. The molecule has 1 amide bonds. The second kappa shape index (κ2) is 9.09. The van der Waals surface area contributed by atoms with Gasteiger partial charge in [-0.3, -0.25) is 4.79 Å². The van der Waals surface area contributed by atoms with Crippen LogP contribution in [0.3, 0.4) is 0 Å². The summed E-state index contributed by atoms with van der Waals surface area (Å²) in [6.07, 6.45) is 11.8. The number of benzene rings is 1. The first-order chi connectivity index (χ1) is 13.8. The van der Waals surface area contributed by atoms with Crippen molar-refractivity contribution < 1.29 is 4.79 Å². The van der Waals surface area contributed by atoms with Gasteiger partial charge in [-0.1, -0.05) is 19.3 Å². The second-order valence-corrected chi connectivity index (χ2v) is 7.93. The first-order valence-electron chi connectivity index (χ1n) is 10.7. The third kappa shape index (κ3) is 4.64. The topological polar surface area (TPSA) is 57.3 Å². The molecule has 0 spiro atoms. The molecule has 28 heavy (non-hydrogen) atoms. The highest BCUT2D eigenvalue weighted by Gasteiger charge is 2.19. The third-order valence-electron chi connectivity index (χ3n) is 5.81. The highest BCUT2D eigenvalue weighted by molar-refractivity contribution is 6.07. The van der Waals surface area contributed by atoms with E-state index in [4.69, 9.17) is 0 Å². The van der Waals surface area contributed by atoms with Gasteiger partial charge in [0.05, 0.1) is 5.56 Å². The molecule has 2 fully saturated rings. The maximum atomic E-state index is 12.9. The molecular weight excluding hydrogens is 348 g/mol. The molecule has 0 unspecified atom stereocenters. The van der Waals surface area contributed by atoms with Crippen molar-refractivity contribution in [1.82, 2.24) is 4.98 Å².